The number of rotatable bonds is 3. The minimum Gasteiger partial charge on any atom is -0.376 e. The van der Waals surface area contributed by atoms with Crippen molar-refractivity contribution in [3.63, 3.8) is 0 Å². The Morgan fingerprint density at radius 2 is 2.21 bits per heavy atom. The summed E-state index contributed by atoms with van der Waals surface area (Å²) in [5.41, 5.74) is 7.21. The quantitative estimate of drug-likeness (QED) is 0.899. The minimum absolute atomic E-state index is 0.142. The van der Waals surface area contributed by atoms with Crippen LogP contribution in [-0.2, 0) is 10.3 Å². The number of guanidine groups is 1. The lowest BCUT2D eigenvalue weighted by Gasteiger charge is -2.38. The Bertz CT molecular complexity index is 468. The van der Waals surface area contributed by atoms with Gasteiger partial charge in [-0.1, -0.05) is 30.3 Å². The number of nitrogens with two attached hydrogens (primary N) is 1. The van der Waals surface area contributed by atoms with Crippen LogP contribution in [0.15, 0.2) is 35.3 Å². The van der Waals surface area contributed by atoms with Gasteiger partial charge < -0.3 is 15.4 Å². The lowest BCUT2D eigenvalue weighted by Crippen LogP contribution is -2.50. The van der Waals surface area contributed by atoms with Crippen molar-refractivity contribution in [1.29, 1.82) is 0 Å². The normalized spacial score (nSPS) is 30.7. The second-order valence-electron chi connectivity index (χ2n) is 5.56. The highest BCUT2D eigenvalue weighted by Gasteiger charge is 2.40. The third-order valence-corrected chi connectivity index (χ3v) is 4.23. The van der Waals surface area contributed by atoms with Crippen LogP contribution in [0.5, 0.6) is 0 Å². The fraction of sp³-hybridized carbons (Fsp3) is 0.533. The Kier molecular flexibility index (Phi) is 3.19. The molecule has 0 radical (unpaired) electrons. The molecular weight excluding hydrogens is 238 g/mol. The summed E-state index contributed by atoms with van der Waals surface area (Å²) < 4.78 is 5.74. The Morgan fingerprint density at radius 3 is 2.89 bits per heavy atom. The molecule has 2 unspecified atom stereocenters. The van der Waals surface area contributed by atoms with Gasteiger partial charge in [0.05, 0.1) is 18.2 Å². The molecule has 4 heteroatoms. The molecule has 2 aliphatic heterocycles. The Balaban J connectivity index is 1.84. The summed E-state index contributed by atoms with van der Waals surface area (Å²) in [6.07, 6.45) is 2.56. The zero-order chi connectivity index (χ0) is 13.3. The summed E-state index contributed by atoms with van der Waals surface area (Å²) in [7, 11) is 0. The van der Waals surface area contributed by atoms with Gasteiger partial charge >= 0.3 is 0 Å². The van der Waals surface area contributed by atoms with E-state index in [9.17, 15) is 0 Å². The fourth-order valence-corrected chi connectivity index (χ4v) is 2.99. The van der Waals surface area contributed by atoms with E-state index in [1.165, 1.54) is 5.56 Å². The van der Waals surface area contributed by atoms with Gasteiger partial charge in [-0.05, 0) is 25.3 Å². The van der Waals surface area contributed by atoms with E-state index in [4.69, 9.17) is 10.5 Å². The molecule has 1 aromatic carbocycles. The summed E-state index contributed by atoms with van der Waals surface area (Å²) in [5, 5.41) is 0. The van der Waals surface area contributed by atoms with Crippen LogP contribution in [0.25, 0.3) is 0 Å². The largest absolute Gasteiger partial charge is 0.376 e. The average molecular weight is 259 g/mol. The monoisotopic (exact) mass is 259 g/mol. The highest BCUT2D eigenvalue weighted by molar-refractivity contribution is 5.81. The van der Waals surface area contributed by atoms with E-state index in [1.54, 1.807) is 0 Å². The summed E-state index contributed by atoms with van der Waals surface area (Å²) >= 11 is 0. The first-order valence-electron chi connectivity index (χ1n) is 6.95. The Labute approximate surface area is 114 Å². The first-order valence-corrected chi connectivity index (χ1v) is 6.95. The summed E-state index contributed by atoms with van der Waals surface area (Å²) in [4.78, 5) is 6.66. The molecule has 0 spiro atoms. The van der Waals surface area contributed by atoms with Crippen molar-refractivity contribution in [2.24, 2.45) is 10.7 Å². The van der Waals surface area contributed by atoms with Crippen LogP contribution in [-0.4, -0.2) is 36.7 Å². The van der Waals surface area contributed by atoms with Gasteiger partial charge in [0.25, 0.3) is 0 Å². The predicted octanol–water partition coefficient (Wildman–Crippen LogP) is 1.71. The molecule has 19 heavy (non-hydrogen) atoms. The molecule has 0 saturated carbocycles. The molecule has 3 rings (SSSR count). The van der Waals surface area contributed by atoms with Crippen molar-refractivity contribution in [3.8, 4) is 0 Å². The van der Waals surface area contributed by atoms with Gasteiger partial charge in [0, 0.05) is 13.2 Å². The van der Waals surface area contributed by atoms with Crippen molar-refractivity contribution >= 4 is 5.96 Å². The topological polar surface area (TPSA) is 50.8 Å². The summed E-state index contributed by atoms with van der Waals surface area (Å²) in [6.45, 7) is 4.63. The molecule has 0 aliphatic carbocycles. The number of hydrogen-bond donors (Lipinski definition) is 1. The van der Waals surface area contributed by atoms with Gasteiger partial charge in [-0.15, -0.1) is 0 Å². The Morgan fingerprint density at radius 1 is 1.42 bits per heavy atom. The van der Waals surface area contributed by atoms with Crippen LogP contribution in [0.1, 0.15) is 25.3 Å². The van der Waals surface area contributed by atoms with Crippen LogP contribution in [0, 0.1) is 0 Å². The fourth-order valence-electron chi connectivity index (χ4n) is 2.99. The second-order valence-corrected chi connectivity index (χ2v) is 5.56. The lowest BCUT2D eigenvalue weighted by molar-refractivity contribution is 0.0690. The first-order chi connectivity index (χ1) is 9.20. The smallest absolute Gasteiger partial charge is 0.192 e. The van der Waals surface area contributed by atoms with Gasteiger partial charge in [0.1, 0.15) is 0 Å². The van der Waals surface area contributed by atoms with Crippen LogP contribution in [0.3, 0.4) is 0 Å². The predicted molar refractivity (Wildman–Crippen MR) is 76.0 cm³/mol. The molecule has 0 bridgehead atoms. The molecule has 2 atom stereocenters. The van der Waals surface area contributed by atoms with Crippen LogP contribution in [0.4, 0.5) is 0 Å². The van der Waals surface area contributed by atoms with E-state index in [-0.39, 0.29) is 11.6 Å². The third kappa shape index (κ3) is 2.21. The van der Waals surface area contributed by atoms with E-state index in [0.717, 1.165) is 32.5 Å². The number of nitrogens with zero attached hydrogens (tertiary/aromatic N) is 2. The molecule has 2 heterocycles. The summed E-state index contributed by atoms with van der Waals surface area (Å²) in [6, 6.07) is 10.5. The number of aliphatic imine (C=N–C) groups is 1. The van der Waals surface area contributed by atoms with Crippen LogP contribution < -0.4 is 5.73 Å². The van der Waals surface area contributed by atoms with Crippen LogP contribution >= 0.6 is 0 Å². The van der Waals surface area contributed by atoms with Crippen molar-refractivity contribution < 1.29 is 4.74 Å². The van der Waals surface area contributed by atoms with E-state index < -0.39 is 0 Å². The minimum atomic E-state index is -0.142. The number of benzene rings is 1. The zero-order valence-corrected chi connectivity index (χ0v) is 11.4. The van der Waals surface area contributed by atoms with Crippen molar-refractivity contribution in [2.75, 3.05) is 19.7 Å². The highest BCUT2D eigenvalue weighted by atomic mass is 16.5. The summed E-state index contributed by atoms with van der Waals surface area (Å²) in [5.74, 6) is 0.641. The molecule has 1 saturated heterocycles. The average Bonchev–Trinajstić information content (AvgIpc) is 3.04. The maximum atomic E-state index is 6.09. The third-order valence-electron chi connectivity index (χ3n) is 4.23. The molecule has 0 amide bonds. The van der Waals surface area contributed by atoms with Crippen molar-refractivity contribution in [3.05, 3.63) is 35.9 Å². The van der Waals surface area contributed by atoms with E-state index >= 15 is 0 Å². The molecule has 1 aromatic rings. The number of ether oxygens (including phenoxy) is 1. The van der Waals surface area contributed by atoms with Gasteiger partial charge in [0.2, 0.25) is 0 Å². The lowest BCUT2D eigenvalue weighted by atomic mass is 9.91. The molecule has 2 aliphatic rings. The van der Waals surface area contributed by atoms with E-state index in [2.05, 4.69) is 41.1 Å². The SMILES string of the molecule is CC1(c2ccccc2)CN=C(N)N1CC1CCCO1. The highest BCUT2D eigenvalue weighted by Crippen LogP contribution is 2.33. The molecular formula is C15H21N3O. The van der Waals surface area contributed by atoms with Gasteiger partial charge in [-0.3, -0.25) is 4.99 Å². The van der Waals surface area contributed by atoms with Gasteiger partial charge in [0.15, 0.2) is 5.96 Å². The molecule has 0 aromatic heterocycles. The molecule has 1 fully saturated rings. The molecule has 2 N–H and O–H groups in total. The van der Waals surface area contributed by atoms with Crippen molar-refractivity contribution in [2.45, 2.75) is 31.4 Å². The maximum Gasteiger partial charge on any atom is 0.192 e. The van der Waals surface area contributed by atoms with E-state index in [0.29, 0.717) is 5.96 Å². The Hall–Kier alpha value is -1.55. The second kappa shape index (κ2) is 4.85. The van der Waals surface area contributed by atoms with Crippen LogP contribution in [0.2, 0.25) is 0 Å². The van der Waals surface area contributed by atoms with Crippen molar-refractivity contribution in [1.82, 2.24) is 4.90 Å². The van der Waals surface area contributed by atoms with Gasteiger partial charge in [-0.25, -0.2) is 0 Å². The first kappa shape index (κ1) is 12.5. The van der Waals surface area contributed by atoms with Gasteiger partial charge in [-0.2, -0.15) is 0 Å². The molecule has 102 valence electrons. The standard InChI is InChI=1S/C15H21N3O/c1-15(12-6-3-2-4-7-12)11-17-14(16)18(15)10-13-8-5-9-19-13/h2-4,6-7,13H,5,8-11H2,1H3,(H2,16,17). The zero-order valence-electron chi connectivity index (χ0n) is 11.4. The molecule has 4 nitrogen and oxygen atoms in total. The number of hydrogen-bond acceptors (Lipinski definition) is 4. The maximum absolute atomic E-state index is 6.09. The van der Waals surface area contributed by atoms with E-state index in [1.807, 2.05) is 6.07 Å².